The molecule has 0 radical (unpaired) electrons. The summed E-state index contributed by atoms with van der Waals surface area (Å²) in [6.45, 7) is 10.2. The Balaban J connectivity index is 0.00000484. The normalized spacial score (nSPS) is 23.8. The van der Waals surface area contributed by atoms with Crippen LogP contribution in [0.15, 0.2) is 4.99 Å². The lowest BCUT2D eigenvalue weighted by molar-refractivity contribution is 0.413. The fourth-order valence-electron chi connectivity index (χ4n) is 2.60. The van der Waals surface area contributed by atoms with Crippen LogP contribution in [0.3, 0.4) is 0 Å². The maximum Gasteiger partial charge on any atom is 0.191 e. The second-order valence-corrected chi connectivity index (χ2v) is 9.98. The molecular weight excluding hydrogens is 441 g/mol. The van der Waals surface area contributed by atoms with Gasteiger partial charge in [0.1, 0.15) is 0 Å². The number of hydrogen-bond donors (Lipinski definition) is 2. The number of aliphatic imine (C=N–C) groups is 1. The third-order valence-corrected chi connectivity index (χ3v) is 7.11. The highest BCUT2D eigenvalue weighted by Gasteiger charge is 2.26. The van der Waals surface area contributed by atoms with Gasteiger partial charge in [0.25, 0.3) is 0 Å². The van der Waals surface area contributed by atoms with Gasteiger partial charge in [-0.25, -0.2) is 0 Å². The van der Waals surface area contributed by atoms with Crippen LogP contribution in [-0.2, 0) is 10.8 Å². The van der Waals surface area contributed by atoms with Crippen molar-refractivity contribution in [2.45, 2.75) is 69.4 Å². The Labute approximate surface area is 166 Å². The van der Waals surface area contributed by atoms with E-state index in [1.54, 1.807) is 0 Å². The van der Waals surface area contributed by atoms with Crippen molar-refractivity contribution in [1.29, 1.82) is 0 Å². The van der Waals surface area contributed by atoms with Crippen LogP contribution in [-0.4, -0.2) is 51.3 Å². The molecule has 0 bridgehead atoms. The minimum absolute atomic E-state index is 0. The van der Waals surface area contributed by atoms with Gasteiger partial charge >= 0.3 is 0 Å². The van der Waals surface area contributed by atoms with Gasteiger partial charge in [-0.15, -0.1) is 24.0 Å². The van der Waals surface area contributed by atoms with Crippen molar-refractivity contribution in [1.82, 2.24) is 10.6 Å². The van der Waals surface area contributed by atoms with Gasteiger partial charge < -0.3 is 10.6 Å². The van der Waals surface area contributed by atoms with Crippen molar-refractivity contribution in [2.75, 3.05) is 25.1 Å². The Morgan fingerprint density at radius 3 is 2.61 bits per heavy atom. The average Bonchev–Trinajstić information content (AvgIpc) is 2.52. The van der Waals surface area contributed by atoms with Crippen LogP contribution >= 0.6 is 35.7 Å². The van der Waals surface area contributed by atoms with E-state index in [9.17, 15) is 4.21 Å². The molecule has 1 fully saturated rings. The second-order valence-electron chi connectivity index (χ2n) is 6.46. The first kappa shape index (κ1) is 23.5. The lowest BCUT2D eigenvalue weighted by Crippen LogP contribution is -2.47. The molecule has 1 rings (SSSR count). The molecule has 23 heavy (non-hydrogen) atoms. The smallest absolute Gasteiger partial charge is 0.191 e. The first-order valence-corrected chi connectivity index (χ1v) is 11.0. The average molecular weight is 476 g/mol. The maximum atomic E-state index is 12.1. The Kier molecular flexibility index (Phi) is 12.2. The topological polar surface area (TPSA) is 53.5 Å². The fourth-order valence-corrected chi connectivity index (χ4v) is 4.14. The molecule has 0 aromatic carbocycles. The van der Waals surface area contributed by atoms with E-state index in [2.05, 4.69) is 37.7 Å². The molecule has 0 saturated heterocycles. The van der Waals surface area contributed by atoms with Crippen LogP contribution in [0.1, 0.15) is 53.4 Å². The van der Waals surface area contributed by atoms with Crippen molar-refractivity contribution >= 4 is 52.5 Å². The highest BCUT2D eigenvalue weighted by atomic mass is 127. The molecule has 2 N–H and O–H groups in total. The zero-order chi connectivity index (χ0) is 16.6. The summed E-state index contributed by atoms with van der Waals surface area (Å²) in [6, 6.07) is 0.393. The molecule has 0 aliphatic heterocycles. The van der Waals surface area contributed by atoms with Gasteiger partial charge in [-0.3, -0.25) is 9.20 Å². The van der Waals surface area contributed by atoms with Crippen LogP contribution in [0, 0.1) is 0 Å². The van der Waals surface area contributed by atoms with E-state index in [1.807, 2.05) is 18.7 Å². The summed E-state index contributed by atoms with van der Waals surface area (Å²) in [5.41, 5.74) is 0. The minimum Gasteiger partial charge on any atom is -0.357 e. The number of rotatable bonds is 7. The van der Waals surface area contributed by atoms with Crippen molar-refractivity contribution in [2.24, 2.45) is 4.99 Å². The number of hydrogen-bond acceptors (Lipinski definition) is 3. The lowest BCUT2D eigenvalue weighted by Gasteiger charge is -2.30. The van der Waals surface area contributed by atoms with Gasteiger partial charge in [0.05, 0.1) is 6.54 Å². The highest BCUT2D eigenvalue weighted by molar-refractivity contribution is 14.0. The van der Waals surface area contributed by atoms with E-state index >= 15 is 0 Å². The van der Waals surface area contributed by atoms with Crippen molar-refractivity contribution < 1.29 is 4.21 Å². The van der Waals surface area contributed by atoms with Gasteiger partial charge in [0.2, 0.25) is 0 Å². The molecule has 0 heterocycles. The molecule has 0 aromatic rings. The van der Waals surface area contributed by atoms with Gasteiger partial charge in [-0.05, 0) is 46.3 Å². The molecule has 7 heteroatoms. The van der Waals surface area contributed by atoms with E-state index < -0.39 is 10.8 Å². The summed E-state index contributed by atoms with van der Waals surface area (Å²) in [4.78, 5) is 4.74. The first-order valence-electron chi connectivity index (χ1n) is 8.39. The molecule has 0 amide bonds. The predicted molar refractivity (Wildman–Crippen MR) is 117 cm³/mol. The van der Waals surface area contributed by atoms with Gasteiger partial charge in [0, 0.05) is 39.1 Å². The van der Waals surface area contributed by atoms with Gasteiger partial charge in [-0.1, -0.05) is 13.3 Å². The third kappa shape index (κ3) is 8.95. The number of guanidine groups is 1. The monoisotopic (exact) mass is 475 g/mol. The quantitative estimate of drug-likeness (QED) is 0.337. The highest BCUT2D eigenvalue weighted by Crippen LogP contribution is 2.23. The number of halogens is 1. The van der Waals surface area contributed by atoms with Crippen LogP contribution in [0.5, 0.6) is 0 Å². The SMILES string of the molecule is CCNC(=NCC(C)(C)SC)NC1CCCC(S(=O)CC)C1.I. The largest absolute Gasteiger partial charge is 0.357 e. The van der Waals surface area contributed by atoms with Crippen LogP contribution in [0.4, 0.5) is 0 Å². The standard InChI is InChI=1S/C16H33N3OS2.HI/c1-6-17-15(18-12-16(3,4)21-5)19-13-9-8-10-14(11-13)22(20)7-2;/h13-14H,6-12H2,1-5H3,(H2,17,18,19);1H. The minimum atomic E-state index is -0.676. The van der Waals surface area contributed by atoms with E-state index in [-0.39, 0.29) is 28.7 Å². The molecule has 3 atom stereocenters. The Hall–Kier alpha value is 0.500. The van der Waals surface area contributed by atoms with E-state index in [1.165, 1.54) is 0 Å². The van der Waals surface area contributed by atoms with Crippen molar-refractivity contribution in [3.8, 4) is 0 Å². The molecule has 1 aliphatic rings. The number of nitrogens with one attached hydrogen (secondary N) is 2. The number of nitrogens with zero attached hydrogens (tertiary/aromatic N) is 1. The predicted octanol–water partition coefficient (Wildman–Crippen LogP) is 3.38. The van der Waals surface area contributed by atoms with Gasteiger partial charge in [-0.2, -0.15) is 11.8 Å². The molecule has 0 aromatic heterocycles. The molecule has 1 aliphatic carbocycles. The van der Waals surface area contributed by atoms with Crippen molar-refractivity contribution in [3.63, 3.8) is 0 Å². The molecular formula is C16H34IN3OS2. The lowest BCUT2D eigenvalue weighted by atomic mass is 9.95. The molecule has 4 nitrogen and oxygen atoms in total. The molecule has 1 saturated carbocycles. The number of thioether (sulfide) groups is 1. The summed E-state index contributed by atoms with van der Waals surface area (Å²) in [5, 5.41) is 7.24. The molecule has 0 spiro atoms. The van der Waals surface area contributed by atoms with E-state index in [4.69, 9.17) is 4.99 Å². The van der Waals surface area contributed by atoms with Crippen LogP contribution in [0.25, 0.3) is 0 Å². The Morgan fingerprint density at radius 1 is 1.35 bits per heavy atom. The first-order chi connectivity index (χ1) is 10.4. The maximum absolute atomic E-state index is 12.1. The summed E-state index contributed by atoms with van der Waals surface area (Å²) >= 11 is 1.84. The molecule has 3 unspecified atom stereocenters. The molecule has 138 valence electrons. The van der Waals surface area contributed by atoms with Crippen molar-refractivity contribution in [3.05, 3.63) is 0 Å². The summed E-state index contributed by atoms with van der Waals surface area (Å²) < 4.78 is 12.2. The second kappa shape index (κ2) is 12.0. The summed E-state index contributed by atoms with van der Waals surface area (Å²) in [6.07, 6.45) is 6.53. The fraction of sp³-hybridized carbons (Fsp3) is 0.938. The Bertz CT molecular complexity index is 392. The van der Waals surface area contributed by atoms with E-state index in [0.717, 1.165) is 50.5 Å². The van der Waals surface area contributed by atoms with Crippen LogP contribution in [0.2, 0.25) is 0 Å². The van der Waals surface area contributed by atoms with Crippen LogP contribution < -0.4 is 10.6 Å². The van der Waals surface area contributed by atoms with Gasteiger partial charge in [0.15, 0.2) is 5.96 Å². The Morgan fingerprint density at radius 2 is 2.04 bits per heavy atom. The zero-order valence-corrected chi connectivity index (χ0v) is 19.1. The third-order valence-electron chi connectivity index (χ3n) is 4.14. The summed E-state index contributed by atoms with van der Waals surface area (Å²) in [5.74, 6) is 1.67. The summed E-state index contributed by atoms with van der Waals surface area (Å²) in [7, 11) is -0.676. The zero-order valence-electron chi connectivity index (χ0n) is 15.2. The van der Waals surface area contributed by atoms with E-state index in [0.29, 0.717) is 11.3 Å².